The Morgan fingerprint density at radius 3 is 2.50 bits per heavy atom. The van der Waals surface area contributed by atoms with E-state index in [0.717, 1.165) is 30.9 Å². The molecule has 3 N–H and O–H groups in total. The third kappa shape index (κ3) is 4.07. The summed E-state index contributed by atoms with van der Waals surface area (Å²) in [5, 5.41) is 4.11. The van der Waals surface area contributed by atoms with Crippen molar-refractivity contribution in [3.8, 4) is 0 Å². The summed E-state index contributed by atoms with van der Waals surface area (Å²) in [6.45, 7) is 11.8. The van der Waals surface area contributed by atoms with Crippen LogP contribution in [0.25, 0.3) is 0 Å². The first-order valence-corrected chi connectivity index (χ1v) is 6.90. The fourth-order valence-electron chi connectivity index (χ4n) is 2.04. The third-order valence-corrected chi connectivity index (χ3v) is 3.50. The first-order valence-electron chi connectivity index (χ1n) is 6.52. The number of nitrogen functional groups attached to an aromatic ring is 1. The van der Waals surface area contributed by atoms with Gasteiger partial charge in [0.1, 0.15) is 0 Å². The molecule has 0 bridgehead atoms. The Labute approximate surface area is 115 Å². The largest absolute Gasteiger partial charge is 0.398 e. The monoisotopic (exact) mass is 269 g/mol. The molecule has 1 aromatic rings. The van der Waals surface area contributed by atoms with Crippen LogP contribution in [0.15, 0.2) is 12.1 Å². The summed E-state index contributed by atoms with van der Waals surface area (Å²) >= 11 is 6.05. The minimum absolute atomic E-state index is 0.378. The smallest absolute Gasteiger partial charge is 0.0656 e. The van der Waals surface area contributed by atoms with Crippen molar-refractivity contribution in [1.29, 1.82) is 0 Å². The second-order valence-corrected chi connectivity index (χ2v) is 5.13. The van der Waals surface area contributed by atoms with Crippen molar-refractivity contribution >= 4 is 23.0 Å². The lowest BCUT2D eigenvalue weighted by Crippen LogP contribution is -2.34. The van der Waals surface area contributed by atoms with E-state index in [1.165, 1.54) is 0 Å². The second kappa shape index (κ2) is 6.86. The van der Waals surface area contributed by atoms with Gasteiger partial charge in [0.15, 0.2) is 0 Å². The molecule has 0 aromatic heterocycles. The van der Waals surface area contributed by atoms with E-state index in [9.17, 15) is 0 Å². The summed E-state index contributed by atoms with van der Waals surface area (Å²) in [4.78, 5) is 2.39. The highest BCUT2D eigenvalue weighted by atomic mass is 35.5. The molecule has 1 aromatic carbocycles. The van der Waals surface area contributed by atoms with Crippen LogP contribution in [-0.4, -0.2) is 30.6 Å². The normalized spacial score (nSPS) is 12.8. The molecule has 3 nitrogen and oxygen atoms in total. The minimum atomic E-state index is 0.378. The standard InChI is InChI=1S/C14H24ClN3/c1-5-18(6-2)9-11(4)17-14-8-12(15)13(16)7-10(14)3/h7-8,11,17H,5-6,9,16H2,1-4H3. The fourth-order valence-corrected chi connectivity index (χ4v) is 2.20. The van der Waals surface area contributed by atoms with Gasteiger partial charge in [0.05, 0.1) is 10.7 Å². The van der Waals surface area contributed by atoms with Crippen molar-refractivity contribution in [1.82, 2.24) is 4.90 Å². The Balaban J connectivity index is 2.69. The number of halogens is 1. The van der Waals surface area contributed by atoms with Crippen LogP contribution < -0.4 is 11.1 Å². The average molecular weight is 270 g/mol. The zero-order valence-electron chi connectivity index (χ0n) is 11.8. The average Bonchev–Trinajstić information content (AvgIpc) is 2.33. The lowest BCUT2D eigenvalue weighted by atomic mass is 10.1. The van der Waals surface area contributed by atoms with Crippen LogP contribution in [0.4, 0.5) is 11.4 Å². The van der Waals surface area contributed by atoms with Crippen LogP contribution in [0.1, 0.15) is 26.3 Å². The Kier molecular flexibility index (Phi) is 5.76. The molecule has 0 aliphatic rings. The molecule has 102 valence electrons. The lowest BCUT2D eigenvalue weighted by molar-refractivity contribution is 0.295. The van der Waals surface area contributed by atoms with Gasteiger partial charge in [-0.15, -0.1) is 0 Å². The quantitative estimate of drug-likeness (QED) is 0.778. The van der Waals surface area contributed by atoms with Gasteiger partial charge in [-0.25, -0.2) is 0 Å². The lowest BCUT2D eigenvalue weighted by Gasteiger charge is -2.25. The zero-order chi connectivity index (χ0) is 13.7. The predicted molar refractivity (Wildman–Crippen MR) is 81.5 cm³/mol. The molecular weight excluding hydrogens is 246 g/mol. The van der Waals surface area contributed by atoms with E-state index in [1.54, 1.807) is 0 Å². The van der Waals surface area contributed by atoms with Crippen molar-refractivity contribution in [3.63, 3.8) is 0 Å². The Hall–Kier alpha value is -0.930. The van der Waals surface area contributed by atoms with Crippen LogP contribution in [0, 0.1) is 6.92 Å². The molecule has 0 amide bonds. The summed E-state index contributed by atoms with van der Waals surface area (Å²) < 4.78 is 0. The van der Waals surface area contributed by atoms with Crippen LogP contribution in [0.3, 0.4) is 0 Å². The zero-order valence-corrected chi connectivity index (χ0v) is 12.5. The van der Waals surface area contributed by atoms with E-state index in [0.29, 0.717) is 16.8 Å². The molecule has 1 rings (SSSR count). The SMILES string of the molecule is CCN(CC)CC(C)Nc1cc(Cl)c(N)cc1C. The third-order valence-electron chi connectivity index (χ3n) is 3.17. The van der Waals surface area contributed by atoms with Crippen LogP contribution >= 0.6 is 11.6 Å². The summed E-state index contributed by atoms with van der Waals surface area (Å²) in [6, 6.07) is 4.20. The molecule has 1 atom stereocenters. The first kappa shape index (κ1) is 15.1. The predicted octanol–water partition coefficient (Wildman–Crippen LogP) is 3.37. The number of rotatable bonds is 6. The van der Waals surface area contributed by atoms with E-state index >= 15 is 0 Å². The molecule has 0 radical (unpaired) electrons. The van der Waals surface area contributed by atoms with Crippen molar-refractivity contribution in [2.45, 2.75) is 33.7 Å². The van der Waals surface area contributed by atoms with Gasteiger partial charge in [-0.05, 0) is 44.6 Å². The molecule has 0 spiro atoms. The number of benzene rings is 1. The Bertz CT molecular complexity index is 389. The van der Waals surface area contributed by atoms with Crippen LogP contribution in [0.2, 0.25) is 5.02 Å². The van der Waals surface area contributed by atoms with E-state index in [1.807, 2.05) is 19.1 Å². The van der Waals surface area contributed by atoms with Gasteiger partial charge in [-0.3, -0.25) is 0 Å². The molecule has 0 saturated carbocycles. The molecule has 1 unspecified atom stereocenters. The topological polar surface area (TPSA) is 41.3 Å². The van der Waals surface area contributed by atoms with Crippen molar-refractivity contribution in [2.24, 2.45) is 0 Å². The Morgan fingerprint density at radius 1 is 1.33 bits per heavy atom. The molecule has 0 saturated heterocycles. The summed E-state index contributed by atoms with van der Waals surface area (Å²) in [7, 11) is 0. The molecule has 0 aliphatic heterocycles. The Morgan fingerprint density at radius 2 is 1.94 bits per heavy atom. The van der Waals surface area contributed by atoms with Crippen molar-refractivity contribution in [3.05, 3.63) is 22.7 Å². The number of nitrogens with zero attached hydrogens (tertiary/aromatic N) is 1. The highest BCUT2D eigenvalue weighted by Crippen LogP contribution is 2.27. The maximum Gasteiger partial charge on any atom is 0.0656 e. The van der Waals surface area contributed by atoms with E-state index in [-0.39, 0.29) is 0 Å². The van der Waals surface area contributed by atoms with Gasteiger partial charge in [0, 0.05) is 18.3 Å². The van der Waals surface area contributed by atoms with Gasteiger partial charge < -0.3 is 16.0 Å². The number of nitrogens with two attached hydrogens (primary N) is 1. The first-order chi connectivity index (χ1) is 8.47. The van der Waals surface area contributed by atoms with Crippen LogP contribution in [0.5, 0.6) is 0 Å². The van der Waals surface area contributed by atoms with E-state index < -0.39 is 0 Å². The van der Waals surface area contributed by atoms with Crippen molar-refractivity contribution in [2.75, 3.05) is 30.7 Å². The highest BCUT2D eigenvalue weighted by Gasteiger charge is 2.09. The van der Waals surface area contributed by atoms with E-state index in [2.05, 4.69) is 31.0 Å². The highest BCUT2D eigenvalue weighted by molar-refractivity contribution is 6.33. The number of likely N-dealkylation sites (N-methyl/N-ethyl adjacent to an activating group) is 1. The van der Waals surface area contributed by atoms with Crippen LogP contribution in [-0.2, 0) is 0 Å². The summed E-state index contributed by atoms with van der Waals surface area (Å²) in [5.41, 5.74) is 8.60. The van der Waals surface area contributed by atoms with Gasteiger partial charge in [-0.1, -0.05) is 25.4 Å². The second-order valence-electron chi connectivity index (χ2n) is 4.72. The van der Waals surface area contributed by atoms with E-state index in [4.69, 9.17) is 17.3 Å². The van der Waals surface area contributed by atoms with Gasteiger partial charge in [0.25, 0.3) is 0 Å². The summed E-state index contributed by atoms with van der Waals surface area (Å²) in [6.07, 6.45) is 0. The molecule has 18 heavy (non-hydrogen) atoms. The van der Waals surface area contributed by atoms with Gasteiger partial charge in [0.2, 0.25) is 0 Å². The number of anilines is 2. The molecule has 0 fully saturated rings. The maximum absolute atomic E-state index is 6.05. The molecule has 0 aliphatic carbocycles. The molecular formula is C14H24ClN3. The van der Waals surface area contributed by atoms with Crippen molar-refractivity contribution < 1.29 is 0 Å². The van der Waals surface area contributed by atoms with Gasteiger partial charge >= 0.3 is 0 Å². The number of hydrogen-bond donors (Lipinski definition) is 2. The number of hydrogen-bond acceptors (Lipinski definition) is 3. The molecule has 0 heterocycles. The summed E-state index contributed by atoms with van der Waals surface area (Å²) in [5.74, 6) is 0. The molecule has 4 heteroatoms. The maximum atomic E-state index is 6.05. The number of nitrogens with one attached hydrogen (secondary N) is 1. The fraction of sp³-hybridized carbons (Fsp3) is 0.571. The number of aryl methyl sites for hydroxylation is 1. The van der Waals surface area contributed by atoms with Gasteiger partial charge in [-0.2, -0.15) is 0 Å². The minimum Gasteiger partial charge on any atom is -0.398 e.